The molecule has 0 radical (unpaired) electrons. The molecule has 2 aliphatic carbocycles. The average Bonchev–Trinajstić information content (AvgIpc) is 4.22. The summed E-state index contributed by atoms with van der Waals surface area (Å²) in [5.41, 5.74) is 4.37. The lowest BCUT2D eigenvalue weighted by Gasteiger charge is -2.38. The van der Waals surface area contributed by atoms with Crippen LogP contribution in [0.4, 0.5) is 0 Å². The molecular formula is C52H54O18S2. The number of benzene rings is 4. The molecule has 8 atom stereocenters. The number of fused-ring (bicyclic) bond motifs is 6. The number of rotatable bonds is 19. The van der Waals surface area contributed by atoms with Gasteiger partial charge in [0.1, 0.15) is 12.2 Å². The Morgan fingerprint density at radius 1 is 0.486 bits per heavy atom. The third-order valence-corrected chi connectivity index (χ3v) is 16.7. The van der Waals surface area contributed by atoms with Gasteiger partial charge in [0.2, 0.25) is 25.1 Å². The lowest BCUT2D eigenvalue weighted by Crippen LogP contribution is -2.36. The smallest absolute Gasteiger partial charge is 0.310 e. The van der Waals surface area contributed by atoms with E-state index in [2.05, 4.69) is 0 Å². The van der Waals surface area contributed by atoms with Crippen LogP contribution < -0.4 is 47.4 Å². The Kier molecular flexibility index (Phi) is 14.2. The van der Waals surface area contributed by atoms with Gasteiger partial charge in [0.15, 0.2) is 46.0 Å². The molecule has 0 unspecified atom stereocenters. The van der Waals surface area contributed by atoms with Gasteiger partial charge < -0.3 is 66.3 Å². The molecule has 0 N–H and O–H groups in total. The Hall–Kier alpha value is -6.54. The normalized spacial score (nSPS) is 23.6. The lowest BCUT2D eigenvalue weighted by molar-refractivity contribution is -0.155. The van der Waals surface area contributed by atoms with Crippen molar-refractivity contribution in [3.63, 3.8) is 0 Å². The van der Waals surface area contributed by atoms with Crippen molar-refractivity contribution in [1.29, 1.82) is 0 Å². The van der Waals surface area contributed by atoms with Crippen LogP contribution in [-0.2, 0) is 38.1 Å². The summed E-state index contributed by atoms with van der Waals surface area (Å²) >= 11 is 0. The van der Waals surface area contributed by atoms with E-state index < -0.39 is 71.6 Å². The second kappa shape index (κ2) is 20.9. The monoisotopic (exact) mass is 1030 g/mol. The number of cyclic esters (lactones) is 2. The first-order valence-electron chi connectivity index (χ1n) is 23.5. The summed E-state index contributed by atoms with van der Waals surface area (Å²) in [6.45, 7) is 0.220. The zero-order valence-corrected chi connectivity index (χ0v) is 42.1. The van der Waals surface area contributed by atoms with Crippen LogP contribution in [0.5, 0.6) is 57.5 Å². The zero-order chi connectivity index (χ0) is 50.2. The first-order valence-corrected chi connectivity index (χ1v) is 26.0. The molecular weight excluding hydrogens is 977 g/mol. The highest BCUT2D eigenvalue weighted by atomic mass is 33.1. The number of esters is 4. The predicted octanol–water partition coefficient (Wildman–Crippen LogP) is 7.88. The summed E-state index contributed by atoms with van der Waals surface area (Å²) in [6, 6.07) is 14.7. The third-order valence-electron chi connectivity index (χ3n) is 14.1. The van der Waals surface area contributed by atoms with Gasteiger partial charge in [-0.15, -0.1) is 0 Å². The maximum atomic E-state index is 13.6. The van der Waals surface area contributed by atoms with Gasteiger partial charge in [-0.05, 0) is 83.6 Å². The van der Waals surface area contributed by atoms with E-state index in [0.717, 1.165) is 22.3 Å². The Morgan fingerprint density at radius 2 is 0.833 bits per heavy atom. The number of carbonyl (C=O) groups excluding carboxylic acids is 4. The van der Waals surface area contributed by atoms with E-state index >= 15 is 0 Å². The molecule has 4 aromatic carbocycles. The maximum absolute atomic E-state index is 13.6. The Balaban J connectivity index is 0.755. The van der Waals surface area contributed by atoms with Crippen molar-refractivity contribution in [2.24, 2.45) is 23.7 Å². The van der Waals surface area contributed by atoms with E-state index in [4.69, 9.17) is 66.3 Å². The molecule has 4 aliphatic heterocycles. The fraction of sp³-hybridized carbons (Fsp3) is 0.462. The van der Waals surface area contributed by atoms with Crippen LogP contribution in [0.1, 0.15) is 83.1 Å². The molecule has 2 saturated heterocycles. The molecule has 4 aromatic rings. The van der Waals surface area contributed by atoms with Crippen molar-refractivity contribution in [2.45, 2.75) is 49.7 Å². The largest absolute Gasteiger partial charge is 0.493 e. The van der Waals surface area contributed by atoms with Crippen molar-refractivity contribution in [3.8, 4) is 57.5 Å². The number of carbonyl (C=O) groups is 4. The van der Waals surface area contributed by atoms with Gasteiger partial charge in [0.25, 0.3) is 0 Å². The maximum Gasteiger partial charge on any atom is 0.310 e. The van der Waals surface area contributed by atoms with Crippen LogP contribution in [0.2, 0.25) is 0 Å². The van der Waals surface area contributed by atoms with Crippen molar-refractivity contribution in [3.05, 3.63) is 81.9 Å². The van der Waals surface area contributed by atoms with E-state index in [0.29, 0.717) is 93.0 Å². The number of methoxy groups -OCH3 is 6. The zero-order valence-electron chi connectivity index (χ0n) is 40.5. The average molecular weight is 1030 g/mol. The first kappa shape index (κ1) is 49.1. The minimum atomic E-state index is -0.778. The van der Waals surface area contributed by atoms with E-state index in [1.165, 1.54) is 42.7 Å². The second-order valence-corrected chi connectivity index (χ2v) is 20.6. The van der Waals surface area contributed by atoms with Crippen molar-refractivity contribution >= 4 is 45.5 Å². The van der Waals surface area contributed by atoms with E-state index in [-0.39, 0.29) is 39.6 Å². The number of hydrogen-bond acceptors (Lipinski definition) is 20. The highest BCUT2D eigenvalue weighted by molar-refractivity contribution is 8.76. The molecule has 4 heterocycles. The molecule has 0 spiro atoms. The van der Waals surface area contributed by atoms with Gasteiger partial charge >= 0.3 is 23.9 Å². The van der Waals surface area contributed by atoms with Gasteiger partial charge in [0.05, 0.1) is 67.7 Å². The quantitative estimate of drug-likeness (QED) is 0.0380. The summed E-state index contributed by atoms with van der Waals surface area (Å²) in [7, 11) is 12.4. The van der Waals surface area contributed by atoms with Crippen LogP contribution in [0.3, 0.4) is 0 Å². The van der Waals surface area contributed by atoms with E-state index in [9.17, 15) is 19.2 Å². The SMILES string of the molecule is COc1cc([C@@H]2c3cc4c(cc3[C@H](OC(=O)CCCSSCCCC(=O)O[C@H]3c5cc6c(cc5[C@@H](c5cc(OC)c(OC)c(OC)c5)[C@H]5C(=O)OC[C@@H]53)OCO6)[C@H]3COC(=O)[C@H]23)OCO4)cc(OC)c1OC. The van der Waals surface area contributed by atoms with Crippen LogP contribution in [0, 0.1) is 23.7 Å². The predicted molar refractivity (Wildman–Crippen MR) is 258 cm³/mol. The third kappa shape index (κ3) is 8.93. The van der Waals surface area contributed by atoms with Crippen LogP contribution in [-0.4, -0.2) is 105 Å². The van der Waals surface area contributed by atoms with Gasteiger partial charge in [0, 0.05) is 59.1 Å². The fourth-order valence-corrected chi connectivity index (χ4v) is 13.1. The number of ether oxygens (including phenoxy) is 14. The molecule has 18 nitrogen and oxygen atoms in total. The van der Waals surface area contributed by atoms with Crippen molar-refractivity contribution in [1.82, 2.24) is 0 Å². The molecule has 2 fully saturated rings. The molecule has 20 heteroatoms. The van der Waals surface area contributed by atoms with Crippen molar-refractivity contribution in [2.75, 3.05) is 81.0 Å². The van der Waals surface area contributed by atoms with Gasteiger partial charge in [-0.1, -0.05) is 21.6 Å². The van der Waals surface area contributed by atoms with E-state index in [1.807, 2.05) is 48.5 Å². The van der Waals surface area contributed by atoms with Crippen LogP contribution in [0.15, 0.2) is 48.5 Å². The van der Waals surface area contributed by atoms with Gasteiger partial charge in [-0.2, -0.15) is 0 Å². The minimum absolute atomic E-state index is 0.0379. The Bertz CT molecular complexity index is 2530. The highest BCUT2D eigenvalue weighted by Gasteiger charge is 2.56. The van der Waals surface area contributed by atoms with Crippen LogP contribution in [0.25, 0.3) is 0 Å². The molecule has 0 bridgehead atoms. The van der Waals surface area contributed by atoms with E-state index in [1.54, 1.807) is 21.6 Å². The molecule has 0 aromatic heterocycles. The summed E-state index contributed by atoms with van der Waals surface area (Å²) in [5.74, 6) is 1.01. The van der Waals surface area contributed by atoms with Crippen LogP contribution >= 0.6 is 21.6 Å². The second-order valence-electron chi connectivity index (χ2n) is 17.9. The van der Waals surface area contributed by atoms with Gasteiger partial charge in [-0.25, -0.2) is 0 Å². The minimum Gasteiger partial charge on any atom is -0.493 e. The first-order chi connectivity index (χ1) is 35.1. The molecule has 0 saturated carbocycles. The summed E-state index contributed by atoms with van der Waals surface area (Å²) < 4.78 is 80.8. The molecule has 382 valence electrons. The fourth-order valence-electron chi connectivity index (χ4n) is 11.0. The summed E-state index contributed by atoms with van der Waals surface area (Å²) in [5, 5.41) is 0. The number of hydrogen-bond donors (Lipinski definition) is 0. The topological polar surface area (TPSA) is 197 Å². The molecule has 10 rings (SSSR count). The molecule has 72 heavy (non-hydrogen) atoms. The molecule has 0 amide bonds. The lowest BCUT2D eigenvalue weighted by atomic mass is 9.66. The van der Waals surface area contributed by atoms with Gasteiger partial charge in [-0.3, -0.25) is 19.2 Å². The summed E-state index contributed by atoms with van der Waals surface area (Å²) in [4.78, 5) is 54.4. The Morgan fingerprint density at radius 3 is 1.17 bits per heavy atom. The molecule has 6 aliphatic rings. The Labute approximate surface area is 423 Å². The van der Waals surface area contributed by atoms with Crippen molar-refractivity contribution < 1.29 is 85.5 Å². The highest BCUT2D eigenvalue weighted by Crippen LogP contribution is 2.59. The standard InChI is InChI=1S/C52H54O18S2/c1-57-37-13-25(14-38(58-2)49(37)61-5)43-27-17-33-35(67-23-65-33)19-29(27)47(31-21-63-51(55)45(31)43)69-41(53)9-7-11-71-72-12-8-10-42(54)70-48-30-20-36-34(66-24-68-36)18-28(30)44(46-32(48)22-64-52(46)56)26-15-39(59-3)50(62-6)40(16-26)60-4/h13-20,31-32,43-48H,7-12,21-24H2,1-6H3/t31-,32-,43+,44+,45-,46-,47-,48-/m0/s1. The summed E-state index contributed by atoms with van der Waals surface area (Å²) in [6.07, 6.45) is -0.180.